The van der Waals surface area contributed by atoms with E-state index in [1.807, 2.05) is 0 Å². The number of piperidine rings is 1. The molecule has 168 valence electrons. The Labute approximate surface area is 186 Å². The Morgan fingerprint density at radius 2 is 1.78 bits per heavy atom. The molecule has 1 aliphatic heterocycles. The molecule has 0 unspecified atom stereocenters. The third-order valence-corrected chi connectivity index (χ3v) is 5.61. The third-order valence-electron chi connectivity index (χ3n) is 5.32. The van der Waals surface area contributed by atoms with E-state index < -0.39 is 29.2 Å². The fourth-order valence-electron chi connectivity index (χ4n) is 3.69. The summed E-state index contributed by atoms with van der Waals surface area (Å²) in [7, 11) is 0. The summed E-state index contributed by atoms with van der Waals surface area (Å²) in [6.45, 7) is 1.38. The summed E-state index contributed by atoms with van der Waals surface area (Å²) in [5.41, 5.74) is 0.634. The average molecular weight is 467 g/mol. The predicted octanol–water partition coefficient (Wildman–Crippen LogP) is 4.29. The van der Waals surface area contributed by atoms with Crippen LogP contribution in [0, 0.1) is 23.3 Å². The summed E-state index contributed by atoms with van der Waals surface area (Å²) in [5.74, 6) is -5.05. The number of benzene rings is 2. The zero-order valence-corrected chi connectivity index (χ0v) is 17.5. The van der Waals surface area contributed by atoms with Gasteiger partial charge in [0.15, 0.2) is 17.5 Å². The van der Waals surface area contributed by atoms with E-state index in [4.69, 9.17) is 11.6 Å². The van der Waals surface area contributed by atoms with Gasteiger partial charge in [-0.25, -0.2) is 22.5 Å². The van der Waals surface area contributed by atoms with E-state index >= 15 is 0 Å². The van der Waals surface area contributed by atoms with Crippen molar-refractivity contribution in [2.75, 3.05) is 13.1 Å². The molecule has 0 radical (unpaired) electrons. The van der Waals surface area contributed by atoms with Crippen LogP contribution in [0.5, 0.6) is 0 Å². The topological polar surface area (TPSA) is 59.0 Å². The lowest BCUT2D eigenvalue weighted by Gasteiger charge is -2.24. The first-order chi connectivity index (χ1) is 15.3. The van der Waals surface area contributed by atoms with E-state index in [1.165, 1.54) is 22.9 Å². The van der Waals surface area contributed by atoms with Crippen LogP contribution in [0.4, 0.5) is 17.6 Å². The molecule has 2 N–H and O–H groups in total. The monoisotopic (exact) mass is 466 g/mol. The first-order valence-electron chi connectivity index (χ1n) is 9.99. The molecule has 1 amide bonds. The van der Waals surface area contributed by atoms with Crippen molar-refractivity contribution in [2.45, 2.75) is 25.4 Å². The van der Waals surface area contributed by atoms with Crippen LogP contribution in [0.15, 0.2) is 36.5 Å². The number of nitrogens with one attached hydrogen (secondary N) is 2. The van der Waals surface area contributed by atoms with E-state index in [1.54, 1.807) is 0 Å². The molecule has 4 rings (SSSR count). The van der Waals surface area contributed by atoms with Crippen LogP contribution in [0.25, 0.3) is 11.4 Å². The molecular weight excluding hydrogens is 448 g/mol. The molecule has 32 heavy (non-hydrogen) atoms. The van der Waals surface area contributed by atoms with Crippen LogP contribution in [0.2, 0.25) is 5.02 Å². The maximum atomic E-state index is 13.8. The Balaban J connectivity index is 1.73. The highest BCUT2D eigenvalue weighted by Crippen LogP contribution is 2.26. The zero-order valence-electron chi connectivity index (χ0n) is 16.8. The van der Waals surface area contributed by atoms with Crippen LogP contribution in [-0.2, 0) is 6.54 Å². The largest absolute Gasteiger partial charge is 0.348 e. The molecule has 1 saturated heterocycles. The average Bonchev–Trinajstić information content (AvgIpc) is 3.18. The van der Waals surface area contributed by atoms with Gasteiger partial charge in [-0.05, 0) is 61.8 Å². The first-order valence-corrected chi connectivity index (χ1v) is 10.4. The Morgan fingerprint density at radius 1 is 1.09 bits per heavy atom. The summed E-state index contributed by atoms with van der Waals surface area (Å²) in [4.78, 5) is 17.3. The molecule has 2 heterocycles. The minimum Gasteiger partial charge on any atom is -0.348 e. The van der Waals surface area contributed by atoms with Crippen LogP contribution >= 0.6 is 11.6 Å². The fraction of sp³-hybridized carbons (Fsp3) is 0.273. The second kappa shape index (κ2) is 9.30. The van der Waals surface area contributed by atoms with Gasteiger partial charge in [-0.2, -0.15) is 0 Å². The molecule has 0 spiro atoms. The van der Waals surface area contributed by atoms with Crippen LogP contribution in [0.1, 0.15) is 28.9 Å². The zero-order chi connectivity index (χ0) is 22.8. The highest BCUT2D eigenvalue weighted by Gasteiger charge is 2.23. The number of aromatic nitrogens is 2. The second-order valence-electron chi connectivity index (χ2n) is 7.55. The molecule has 2 aromatic carbocycles. The number of imidazole rings is 1. The van der Waals surface area contributed by atoms with Crippen molar-refractivity contribution >= 4 is 17.5 Å². The van der Waals surface area contributed by atoms with Crippen molar-refractivity contribution in [2.24, 2.45) is 0 Å². The minimum atomic E-state index is -1.58. The lowest BCUT2D eigenvalue weighted by molar-refractivity contribution is 0.0920. The molecule has 3 aromatic rings. The standard InChI is InChI=1S/C22H19ClF4N4O/c23-15-9-13(1-2-16(15)24)21-29-10-19(22(32)30-14-3-5-28-6-4-14)31(21)11-12-7-17(25)20(27)18(26)8-12/h1-2,7-10,14,28H,3-6,11H2,(H,30,32). The molecular formula is C22H19ClF4N4O. The van der Waals surface area contributed by atoms with Gasteiger partial charge in [0.2, 0.25) is 0 Å². The normalized spacial score (nSPS) is 14.5. The van der Waals surface area contributed by atoms with E-state index in [9.17, 15) is 22.4 Å². The fourth-order valence-corrected chi connectivity index (χ4v) is 3.87. The Morgan fingerprint density at radius 3 is 2.44 bits per heavy atom. The number of carbonyl (C=O) groups excluding carboxylic acids is 1. The summed E-state index contributed by atoms with van der Waals surface area (Å²) in [5, 5.41) is 6.01. The lowest BCUT2D eigenvalue weighted by atomic mass is 10.1. The number of amides is 1. The highest BCUT2D eigenvalue weighted by molar-refractivity contribution is 6.31. The van der Waals surface area contributed by atoms with Gasteiger partial charge in [-0.1, -0.05) is 11.6 Å². The van der Waals surface area contributed by atoms with Crippen molar-refractivity contribution in [3.63, 3.8) is 0 Å². The lowest BCUT2D eigenvalue weighted by Crippen LogP contribution is -2.43. The van der Waals surface area contributed by atoms with Gasteiger partial charge in [-0.15, -0.1) is 0 Å². The number of halogens is 5. The van der Waals surface area contributed by atoms with Crippen LogP contribution < -0.4 is 10.6 Å². The van der Waals surface area contributed by atoms with E-state index in [0.29, 0.717) is 5.56 Å². The third kappa shape index (κ3) is 4.63. The molecule has 1 fully saturated rings. The summed E-state index contributed by atoms with van der Waals surface area (Å²) in [6.07, 6.45) is 2.85. The van der Waals surface area contributed by atoms with Gasteiger partial charge in [-0.3, -0.25) is 4.79 Å². The maximum Gasteiger partial charge on any atom is 0.269 e. The van der Waals surface area contributed by atoms with Gasteiger partial charge < -0.3 is 15.2 Å². The highest BCUT2D eigenvalue weighted by atomic mass is 35.5. The molecule has 0 bridgehead atoms. The van der Waals surface area contributed by atoms with Crippen molar-refractivity contribution in [3.05, 3.63) is 76.1 Å². The Hall–Kier alpha value is -2.91. The van der Waals surface area contributed by atoms with Crippen molar-refractivity contribution < 1.29 is 22.4 Å². The molecule has 0 saturated carbocycles. The van der Waals surface area contributed by atoms with Gasteiger partial charge in [0.05, 0.1) is 17.8 Å². The van der Waals surface area contributed by atoms with Crippen molar-refractivity contribution in [1.29, 1.82) is 0 Å². The van der Waals surface area contributed by atoms with Crippen LogP contribution in [0.3, 0.4) is 0 Å². The minimum absolute atomic E-state index is 0.0310. The first kappa shape index (κ1) is 22.3. The number of rotatable bonds is 5. The Kier molecular flexibility index (Phi) is 6.48. The predicted molar refractivity (Wildman–Crippen MR) is 111 cm³/mol. The quantitative estimate of drug-likeness (QED) is 0.435. The van der Waals surface area contributed by atoms with Crippen molar-refractivity contribution in [1.82, 2.24) is 20.2 Å². The van der Waals surface area contributed by atoms with E-state index in [-0.39, 0.29) is 34.7 Å². The summed E-state index contributed by atoms with van der Waals surface area (Å²) >= 11 is 5.90. The number of hydrogen-bond donors (Lipinski definition) is 2. The summed E-state index contributed by atoms with van der Waals surface area (Å²) < 4.78 is 56.0. The molecule has 10 heteroatoms. The second-order valence-corrected chi connectivity index (χ2v) is 7.96. The smallest absolute Gasteiger partial charge is 0.269 e. The molecule has 1 aromatic heterocycles. The summed E-state index contributed by atoms with van der Waals surface area (Å²) in [6, 6.07) is 5.61. The van der Waals surface area contributed by atoms with Crippen LogP contribution in [-0.4, -0.2) is 34.6 Å². The van der Waals surface area contributed by atoms with Gasteiger partial charge in [0.25, 0.3) is 5.91 Å². The Bertz CT molecular complexity index is 1140. The SMILES string of the molecule is O=C(NC1CCNCC1)c1cnc(-c2ccc(F)c(Cl)c2)n1Cc1cc(F)c(F)c(F)c1. The maximum absolute atomic E-state index is 13.8. The molecule has 5 nitrogen and oxygen atoms in total. The van der Waals surface area contributed by atoms with Gasteiger partial charge >= 0.3 is 0 Å². The number of nitrogens with zero attached hydrogens (tertiary/aromatic N) is 2. The molecule has 0 aliphatic carbocycles. The van der Waals surface area contributed by atoms with Crippen molar-refractivity contribution in [3.8, 4) is 11.4 Å². The number of hydrogen-bond acceptors (Lipinski definition) is 3. The molecule has 0 atom stereocenters. The van der Waals surface area contributed by atoms with E-state index in [0.717, 1.165) is 44.1 Å². The van der Waals surface area contributed by atoms with E-state index in [2.05, 4.69) is 15.6 Å². The molecule has 1 aliphatic rings. The van der Waals surface area contributed by atoms with Gasteiger partial charge in [0.1, 0.15) is 17.3 Å². The number of carbonyl (C=O) groups is 1. The van der Waals surface area contributed by atoms with Gasteiger partial charge in [0, 0.05) is 11.6 Å².